The molecule has 1 heterocycles. The van der Waals surface area contributed by atoms with E-state index in [-0.39, 0.29) is 22.2 Å². The number of hydrogen-bond donors (Lipinski definition) is 2. The molecule has 0 saturated carbocycles. The predicted molar refractivity (Wildman–Crippen MR) is 134 cm³/mol. The van der Waals surface area contributed by atoms with Gasteiger partial charge in [-0.1, -0.05) is 25.4 Å². The summed E-state index contributed by atoms with van der Waals surface area (Å²) >= 11 is 6.09. The molecule has 0 unspecified atom stereocenters. The van der Waals surface area contributed by atoms with Crippen molar-refractivity contribution in [3.05, 3.63) is 62.7 Å². The van der Waals surface area contributed by atoms with E-state index in [0.29, 0.717) is 17.8 Å². The second-order valence-corrected chi connectivity index (χ2v) is 8.49. The summed E-state index contributed by atoms with van der Waals surface area (Å²) in [4.78, 5) is 40.6. The molecule has 0 radical (unpaired) electrons. The molecule has 0 aliphatic carbocycles. The van der Waals surface area contributed by atoms with E-state index in [1.54, 1.807) is 12.1 Å². The first kappa shape index (κ1) is 25.5. The molecule has 9 nitrogen and oxygen atoms in total. The van der Waals surface area contributed by atoms with Gasteiger partial charge in [0.1, 0.15) is 0 Å². The Morgan fingerprint density at radius 3 is 2.38 bits per heavy atom. The second kappa shape index (κ2) is 11.8. The van der Waals surface area contributed by atoms with E-state index in [9.17, 15) is 19.7 Å². The molecule has 10 heteroatoms. The van der Waals surface area contributed by atoms with E-state index >= 15 is 0 Å². The minimum absolute atomic E-state index is 0.0187. The fourth-order valence-electron chi connectivity index (χ4n) is 3.99. The van der Waals surface area contributed by atoms with E-state index in [1.165, 1.54) is 12.1 Å². The molecular formula is C24H30ClN5O4. The summed E-state index contributed by atoms with van der Waals surface area (Å²) in [5.41, 5.74) is 1.69. The molecule has 1 aliphatic rings. The van der Waals surface area contributed by atoms with Crippen LogP contribution in [-0.2, 0) is 0 Å². The number of anilines is 2. The molecule has 2 amide bonds. The number of amides is 2. The quantitative estimate of drug-likeness (QED) is 0.384. The maximum atomic E-state index is 13.1. The van der Waals surface area contributed by atoms with Gasteiger partial charge in [-0.15, -0.1) is 0 Å². The summed E-state index contributed by atoms with van der Waals surface area (Å²) < 4.78 is 0. The highest BCUT2D eigenvalue weighted by atomic mass is 35.5. The number of nitrogens with one attached hydrogen (secondary N) is 2. The van der Waals surface area contributed by atoms with Crippen LogP contribution in [0, 0.1) is 10.1 Å². The molecule has 2 N–H and O–H groups in total. The number of benzene rings is 2. The molecule has 34 heavy (non-hydrogen) atoms. The van der Waals surface area contributed by atoms with E-state index in [4.69, 9.17) is 11.6 Å². The zero-order valence-corrected chi connectivity index (χ0v) is 20.2. The Kier molecular flexibility index (Phi) is 8.84. The summed E-state index contributed by atoms with van der Waals surface area (Å²) in [5, 5.41) is 16.6. The van der Waals surface area contributed by atoms with Crippen molar-refractivity contribution >= 4 is 40.5 Å². The van der Waals surface area contributed by atoms with E-state index in [1.807, 2.05) is 6.07 Å². The Morgan fingerprint density at radius 1 is 1.06 bits per heavy atom. The van der Waals surface area contributed by atoms with Crippen LogP contribution in [-0.4, -0.2) is 60.9 Å². The molecule has 0 bridgehead atoms. The largest absolute Gasteiger partial charge is 0.371 e. The number of hydrogen-bond acceptors (Lipinski definition) is 6. The van der Waals surface area contributed by atoms with Crippen molar-refractivity contribution < 1.29 is 14.5 Å². The van der Waals surface area contributed by atoms with Crippen LogP contribution in [0.3, 0.4) is 0 Å². The Morgan fingerprint density at radius 2 is 1.76 bits per heavy atom. The number of halogens is 1. The Hall–Kier alpha value is -3.17. The highest BCUT2D eigenvalue weighted by Gasteiger charge is 2.21. The smallest absolute Gasteiger partial charge is 0.270 e. The van der Waals surface area contributed by atoms with Crippen LogP contribution in [0.25, 0.3) is 0 Å². The van der Waals surface area contributed by atoms with Crippen molar-refractivity contribution in [2.24, 2.45) is 0 Å². The van der Waals surface area contributed by atoms with Gasteiger partial charge in [-0.25, -0.2) is 0 Å². The zero-order chi connectivity index (χ0) is 24.7. The fourth-order valence-corrected chi connectivity index (χ4v) is 4.25. The van der Waals surface area contributed by atoms with Crippen LogP contribution in [0.5, 0.6) is 0 Å². The van der Waals surface area contributed by atoms with Crippen molar-refractivity contribution in [2.75, 3.05) is 49.5 Å². The second-order valence-electron chi connectivity index (χ2n) is 8.08. The molecule has 1 aliphatic heterocycles. The van der Waals surface area contributed by atoms with Gasteiger partial charge in [-0.2, -0.15) is 0 Å². The summed E-state index contributed by atoms with van der Waals surface area (Å²) in [6, 6.07) is 8.94. The Balaban J connectivity index is 1.80. The molecule has 0 atom stereocenters. The lowest BCUT2D eigenvalue weighted by atomic mass is 10.1. The van der Waals surface area contributed by atoms with Crippen LogP contribution in [0.1, 0.15) is 47.4 Å². The number of non-ortho nitro benzene ring substituents is 1. The first-order valence-corrected chi connectivity index (χ1v) is 11.9. The van der Waals surface area contributed by atoms with Crippen molar-refractivity contribution in [2.45, 2.75) is 26.7 Å². The molecule has 182 valence electrons. The van der Waals surface area contributed by atoms with Crippen LogP contribution in [0.4, 0.5) is 17.1 Å². The van der Waals surface area contributed by atoms with Gasteiger partial charge < -0.3 is 20.4 Å². The van der Waals surface area contributed by atoms with Gasteiger partial charge in [0.15, 0.2) is 0 Å². The van der Waals surface area contributed by atoms with Crippen LogP contribution in [0.15, 0.2) is 36.4 Å². The molecule has 3 rings (SSSR count). The van der Waals surface area contributed by atoms with Crippen molar-refractivity contribution in [1.29, 1.82) is 0 Å². The lowest BCUT2D eigenvalue weighted by molar-refractivity contribution is -0.384. The SMILES string of the molecule is CCN(CC)CCNC(=O)c1cc(NC(=O)c2ccc([N+](=O)[O-])cc2Cl)ccc1N1CCCC1. The van der Waals surface area contributed by atoms with E-state index < -0.39 is 10.8 Å². The highest BCUT2D eigenvalue weighted by molar-refractivity contribution is 6.34. The lowest BCUT2D eigenvalue weighted by Gasteiger charge is -2.23. The van der Waals surface area contributed by atoms with Gasteiger partial charge in [-0.05, 0) is 50.2 Å². The van der Waals surface area contributed by atoms with Crippen molar-refractivity contribution in [3.63, 3.8) is 0 Å². The maximum absolute atomic E-state index is 13.1. The molecular weight excluding hydrogens is 458 g/mol. The van der Waals surface area contributed by atoms with Crippen LogP contribution < -0.4 is 15.5 Å². The van der Waals surface area contributed by atoms with Crippen molar-refractivity contribution in [1.82, 2.24) is 10.2 Å². The third kappa shape index (κ3) is 6.24. The molecule has 0 aromatic heterocycles. The highest BCUT2D eigenvalue weighted by Crippen LogP contribution is 2.29. The summed E-state index contributed by atoms with van der Waals surface area (Å²) in [5.74, 6) is -0.708. The Labute approximate surface area is 204 Å². The Bertz CT molecular complexity index is 1050. The third-order valence-corrected chi connectivity index (χ3v) is 6.27. The minimum atomic E-state index is -0.574. The third-order valence-electron chi connectivity index (χ3n) is 5.96. The molecule has 2 aromatic carbocycles. The number of nitro groups is 1. The number of carbonyl (C=O) groups is 2. The van der Waals surface area contributed by atoms with Gasteiger partial charge in [0.05, 0.1) is 21.1 Å². The minimum Gasteiger partial charge on any atom is -0.371 e. The molecule has 0 spiro atoms. The first-order chi connectivity index (χ1) is 16.3. The van der Waals surface area contributed by atoms with Gasteiger partial charge in [0, 0.05) is 49.7 Å². The summed E-state index contributed by atoms with van der Waals surface area (Å²) in [6.07, 6.45) is 2.14. The fraction of sp³-hybridized carbons (Fsp3) is 0.417. The van der Waals surface area contributed by atoms with Gasteiger partial charge in [-0.3, -0.25) is 19.7 Å². The number of carbonyl (C=O) groups excluding carboxylic acids is 2. The number of nitrogens with zero attached hydrogens (tertiary/aromatic N) is 3. The average Bonchev–Trinajstić information content (AvgIpc) is 3.36. The monoisotopic (exact) mass is 487 g/mol. The van der Waals surface area contributed by atoms with E-state index in [2.05, 4.69) is 34.3 Å². The van der Waals surface area contributed by atoms with Gasteiger partial charge in [0.25, 0.3) is 17.5 Å². The summed E-state index contributed by atoms with van der Waals surface area (Å²) in [6.45, 7) is 9.03. The van der Waals surface area contributed by atoms with Gasteiger partial charge >= 0.3 is 0 Å². The standard InChI is InChI=1S/C24H30ClN5O4/c1-3-28(4-2)14-11-26-23(31)20-15-17(7-10-22(20)29-12-5-6-13-29)27-24(32)19-9-8-18(30(33)34)16-21(19)25/h7-10,15-16H,3-6,11-14H2,1-2H3,(H,26,31)(H,27,32). The maximum Gasteiger partial charge on any atom is 0.270 e. The predicted octanol–water partition coefficient (Wildman–Crippen LogP) is 4.17. The first-order valence-electron chi connectivity index (χ1n) is 11.5. The number of likely N-dealkylation sites (N-methyl/N-ethyl adjacent to an activating group) is 1. The molecule has 2 aromatic rings. The van der Waals surface area contributed by atoms with Gasteiger partial charge in [0.2, 0.25) is 0 Å². The van der Waals surface area contributed by atoms with Crippen LogP contribution >= 0.6 is 11.6 Å². The number of nitro benzene ring substituents is 1. The topological polar surface area (TPSA) is 108 Å². The molecule has 1 fully saturated rings. The average molecular weight is 488 g/mol. The number of rotatable bonds is 10. The summed E-state index contributed by atoms with van der Waals surface area (Å²) in [7, 11) is 0. The van der Waals surface area contributed by atoms with Crippen LogP contribution in [0.2, 0.25) is 5.02 Å². The molecule has 1 saturated heterocycles. The van der Waals surface area contributed by atoms with E-state index in [0.717, 1.165) is 57.3 Å². The normalized spacial score (nSPS) is 13.2. The van der Waals surface area contributed by atoms with Crippen molar-refractivity contribution in [3.8, 4) is 0 Å². The zero-order valence-electron chi connectivity index (χ0n) is 19.5. The lowest BCUT2D eigenvalue weighted by Crippen LogP contribution is -2.35.